The summed E-state index contributed by atoms with van der Waals surface area (Å²) in [5, 5.41) is 21.1. The third-order valence-electron chi connectivity index (χ3n) is 2.66. The van der Waals surface area contributed by atoms with Gasteiger partial charge in [-0.25, -0.2) is 4.39 Å². The fraction of sp³-hybridized carbons (Fsp3) is 0.0667. The number of para-hydroxylation sites is 1. The lowest BCUT2D eigenvalue weighted by Gasteiger charge is -2.10. The first-order valence-electron chi connectivity index (χ1n) is 5.66. The van der Waals surface area contributed by atoms with E-state index in [1.807, 2.05) is 12.1 Å². The molecule has 0 heterocycles. The van der Waals surface area contributed by atoms with Gasteiger partial charge in [-0.05, 0) is 29.8 Å². The Labute approximate surface area is 110 Å². The van der Waals surface area contributed by atoms with E-state index in [4.69, 9.17) is 10.5 Å². The number of rotatable bonds is 3. The third-order valence-corrected chi connectivity index (χ3v) is 2.66. The van der Waals surface area contributed by atoms with Crippen molar-refractivity contribution in [3.8, 4) is 12.1 Å². The summed E-state index contributed by atoms with van der Waals surface area (Å²) in [6, 6.07) is 15.2. The maximum Gasteiger partial charge on any atom is 0.123 e. The summed E-state index contributed by atoms with van der Waals surface area (Å²) in [5.41, 5.74) is 2.03. The summed E-state index contributed by atoms with van der Waals surface area (Å²) in [5.74, 6) is -0.312. The van der Waals surface area contributed by atoms with Gasteiger partial charge in [-0.1, -0.05) is 18.2 Å². The lowest BCUT2D eigenvalue weighted by molar-refractivity contribution is 0.626. The average molecular weight is 251 g/mol. The Balaban J connectivity index is 2.25. The van der Waals surface area contributed by atoms with Crippen LogP contribution in [0.25, 0.3) is 0 Å². The van der Waals surface area contributed by atoms with Crippen molar-refractivity contribution in [3.05, 3.63) is 65.0 Å². The van der Waals surface area contributed by atoms with Gasteiger partial charge in [-0.3, -0.25) is 0 Å². The molecule has 0 saturated heterocycles. The third kappa shape index (κ3) is 2.88. The molecule has 0 aliphatic rings. The predicted octanol–water partition coefficient (Wildman–Crippen LogP) is 3.18. The molecule has 0 spiro atoms. The standard InChI is InChI=1S/C15H10FN3/c16-14-6-1-3-11(7-14)10-19-15-12(8-17)4-2-5-13(15)9-18/h1-7,19H,10H2. The minimum Gasteiger partial charge on any atom is -0.379 e. The molecule has 2 aromatic carbocycles. The molecule has 0 aromatic heterocycles. The van der Waals surface area contributed by atoms with Crippen LogP contribution in [-0.2, 0) is 6.54 Å². The number of hydrogen-bond donors (Lipinski definition) is 1. The average Bonchev–Trinajstić information content (AvgIpc) is 2.44. The van der Waals surface area contributed by atoms with Crippen molar-refractivity contribution in [1.82, 2.24) is 0 Å². The van der Waals surface area contributed by atoms with Crippen molar-refractivity contribution in [1.29, 1.82) is 10.5 Å². The molecular weight excluding hydrogens is 241 g/mol. The number of benzene rings is 2. The zero-order chi connectivity index (χ0) is 13.7. The molecule has 0 atom stereocenters. The number of nitrogens with zero attached hydrogens (tertiary/aromatic N) is 2. The zero-order valence-corrected chi connectivity index (χ0v) is 10.0. The van der Waals surface area contributed by atoms with Crippen molar-refractivity contribution >= 4 is 5.69 Å². The van der Waals surface area contributed by atoms with Crippen molar-refractivity contribution in [2.75, 3.05) is 5.32 Å². The van der Waals surface area contributed by atoms with Crippen LogP contribution < -0.4 is 5.32 Å². The highest BCUT2D eigenvalue weighted by molar-refractivity contribution is 5.66. The van der Waals surface area contributed by atoms with Gasteiger partial charge in [0, 0.05) is 6.54 Å². The first-order valence-corrected chi connectivity index (χ1v) is 5.66. The fourth-order valence-electron chi connectivity index (χ4n) is 1.77. The van der Waals surface area contributed by atoms with Gasteiger partial charge in [0.2, 0.25) is 0 Å². The van der Waals surface area contributed by atoms with E-state index in [2.05, 4.69) is 5.32 Å². The van der Waals surface area contributed by atoms with Gasteiger partial charge < -0.3 is 5.32 Å². The molecule has 2 rings (SSSR count). The second-order valence-electron chi connectivity index (χ2n) is 3.94. The van der Waals surface area contributed by atoms with Crippen molar-refractivity contribution < 1.29 is 4.39 Å². The summed E-state index contributed by atoms with van der Waals surface area (Å²) >= 11 is 0. The molecule has 0 aliphatic carbocycles. The Hall–Kier alpha value is -2.85. The molecule has 0 radical (unpaired) electrons. The molecule has 4 heteroatoms. The van der Waals surface area contributed by atoms with Crippen LogP contribution in [0, 0.1) is 28.5 Å². The minimum atomic E-state index is -0.312. The predicted molar refractivity (Wildman–Crippen MR) is 69.6 cm³/mol. The molecule has 0 unspecified atom stereocenters. The van der Waals surface area contributed by atoms with Crippen molar-refractivity contribution in [2.45, 2.75) is 6.54 Å². The van der Waals surface area contributed by atoms with E-state index in [0.717, 1.165) is 5.56 Å². The van der Waals surface area contributed by atoms with E-state index < -0.39 is 0 Å². The van der Waals surface area contributed by atoms with Gasteiger partial charge in [0.15, 0.2) is 0 Å². The van der Waals surface area contributed by atoms with Crippen molar-refractivity contribution in [3.63, 3.8) is 0 Å². The second kappa shape index (κ2) is 5.66. The topological polar surface area (TPSA) is 59.6 Å². The molecule has 0 bridgehead atoms. The molecule has 0 aliphatic heterocycles. The van der Waals surface area contributed by atoms with Gasteiger partial charge >= 0.3 is 0 Å². The Bertz CT molecular complexity index is 648. The summed E-state index contributed by atoms with van der Waals surface area (Å²) in [6.07, 6.45) is 0. The summed E-state index contributed by atoms with van der Waals surface area (Å²) in [7, 11) is 0. The SMILES string of the molecule is N#Cc1cccc(C#N)c1NCc1cccc(F)c1. The Morgan fingerprint density at radius 2 is 1.63 bits per heavy atom. The maximum absolute atomic E-state index is 13.1. The Kier molecular flexibility index (Phi) is 3.75. The zero-order valence-electron chi connectivity index (χ0n) is 10.0. The highest BCUT2D eigenvalue weighted by atomic mass is 19.1. The molecule has 0 saturated carbocycles. The number of halogens is 1. The van der Waals surface area contributed by atoms with Gasteiger partial charge in [0.1, 0.15) is 18.0 Å². The van der Waals surface area contributed by atoms with Crippen LogP contribution in [0.15, 0.2) is 42.5 Å². The first-order chi connectivity index (χ1) is 9.24. The first kappa shape index (κ1) is 12.6. The van der Waals surface area contributed by atoms with Gasteiger partial charge in [-0.15, -0.1) is 0 Å². The van der Waals surface area contributed by atoms with E-state index in [9.17, 15) is 4.39 Å². The molecule has 92 valence electrons. The lowest BCUT2D eigenvalue weighted by atomic mass is 10.1. The van der Waals surface area contributed by atoms with Gasteiger partial charge in [0.25, 0.3) is 0 Å². The van der Waals surface area contributed by atoms with E-state index in [1.165, 1.54) is 12.1 Å². The van der Waals surface area contributed by atoms with Crippen LogP contribution in [0.1, 0.15) is 16.7 Å². The second-order valence-corrected chi connectivity index (χ2v) is 3.94. The van der Waals surface area contributed by atoms with Crippen molar-refractivity contribution in [2.24, 2.45) is 0 Å². The number of nitrogens with one attached hydrogen (secondary N) is 1. The molecule has 0 fully saturated rings. The van der Waals surface area contributed by atoms with Crippen LogP contribution in [0.3, 0.4) is 0 Å². The summed E-state index contributed by atoms with van der Waals surface area (Å²) in [6.45, 7) is 0.352. The molecular formula is C15H10FN3. The van der Waals surface area contributed by atoms with Crippen LogP contribution in [0.5, 0.6) is 0 Å². The normalized spacial score (nSPS) is 9.42. The van der Waals surface area contributed by atoms with Gasteiger partial charge in [-0.2, -0.15) is 10.5 Å². The van der Waals surface area contributed by atoms with Crippen LogP contribution in [0.2, 0.25) is 0 Å². The molecule has 1 N–H and O–H groups in total. The molecule has 3 nitrogen and oxygen atoms in total. The molecule has 19 heavy (non-hydrogen) atoms. The lowest BCUT2D eigenvalue weighted by Crippen LogP contribution is -2.03. The van der Waals surface area contributed by atoms with E-state index in [1.54, 1.807) is 30.3 Å². The summed E-state index contributed by atoms with van der Waals surface area (Å²) < 4.78 is 13.1. The van der Waals surface area contributed by atoms with E-state index in [0.29, 0.717) is 23.4 Å². The summed E-state index contributed by atoms with van der Waals surface area (Å²) in [4.78, 5) is 0. The van der Waals surface area contributed by atoms with E-state index in [-0.39, 0.29) is 5.82 Å². The van der Waals surface area contributed by atoms with Gasteiger partial charge in [0.05, 0.1) is 16.8 Å². The molecule has 2 aromatic rings. The van der Waals surface area contributed by atoms with Crippen LogP contribution in [0.4, 0.5) is 10.1 Å². The monoisotopic (exact) mass is 251 g/mol. The number of anilines is 1. The Morgan fingerprint density at radius 3 is 2.21 bits per heavy atom. The van der Waals surface area contributed by atoms with Crippen LogP contribution >= 0.6 is 0 Å². The number of hydrogen-bond acceptors (Lipinski definition) is 3. The van der Waals surface area contributed by atoms with E-state index >= 15 is 0 Å². The molecule has 0 amide bonds. The quantitative estimate of drug-likeness (QED) is 0.911. The smallest absolute Gasteiger partial charge is 0.123 e. The van der Waals surface area contributed by atoms with Crippen LogP contribution in [-0.4, -0.2) is 0 Å². The highest BCUT2D eigenvalue weighted by Crippen LogP contribution is 2.20. The fourth-order valence-corrected chi connectivity index (χ4v) is 1.77. The largest absolute Gasteiger partial charge is 0.379 e. The minimum absolute atomic E-state index is 0.312. The highest BCUT2D eigenvalue weighted by Gasteiger charge is 2.07. The maximum atomic E-state index is 13.1. The Morgan fingerprint density at radius 1 is 1.00 bits per heavy atom. The number of nitriles is 2.